The van der Waals surface area contributed by atoms with E-state index in [2.05, 4.69) is 15.6 Å². The number of nitrogens with zero attached hydrogens (tertiary/aromatic N) is 2. The zero-order valence-corrected chi connectivity index (χ0v) is 19.6. The number of thioether (sulfide) groups is 1. The van der Waals surface area contributed by atoms with E-state index in [9.17, 15) is 9.59 Å². The van der Waals surface area contributed by atoms with Crippen molar-refractivity contribution < 1.29 is 14.3 Å². The van der Waals surface area contributed by atoms with E-state index in [1.54, 1.807) is 44.6 Å². The van der Waals surface area contributed by atoms with Gasteiger partial charge < -0.3 is 15.4 Å². The summed E-state index contributed by atoms with van der Waals surface area (Å²) in [6.45, 7) is 0. The van der Waals surface area contributed by atoms with Crippen LogP contribution >= 0.6 is 11.8 Å². The van der Waals surface area contributed by atoms with Crippen molar-refractivity contribution in [2.75, 3.05) is 25.2 Å². The summed E-state index contributed by atoms with van der Waals surface area (Å²) >= 11 is 1.32. The summed E-state index contributed by atoms with van der Waals surface area (Å²) in [4.78, 5) is 29.2. The van der Waals surface area contributed by atoms with Gasteiger partial charge in [-0.2, -0.15) is 0 Å². The Morgan fingerprint density at radius 2 is 1.76 bits per heavy atom. The predicted octanol–water partition coefficient (Wildman–Crippen LogP) is 4.64. The first-order valence-electron chi connectivity index (χ1n) is 10.6. The molecule has 0 aliphatic heterocycles. The van der Waals surface area contributed by atoms with Crippen molar-refractivity contribution in [3.63, 3.8) is 0 Å². The smallest absolute Gasteiger partial charge is 0.251 e. The standard InChI is InChI=1S/C26H24N4O3S/c1-27-25(32)19-11-8-12-20(15-19)29-24(31)17-34-26-28-16-22(18-9-4-3-5-10-18)30(26)21-13-6-7-14-23(21)33-2/h3-16H,17H2,1-2H3,(H,27,32)(H,29,31). The summed E-state index contributed by atoms with van der Waals surface area (Å²) in [5.74, 6) is 0.438. The normalized spacial score (nSPS) is 10.5. The molecular formula is C26H24N4O3S. The Hall–Kier alpha value is -4.04. The van der Waals surface area contributed by atoms with Crippen LogP contribution in [0.5, 0.6) is 5.75 Å². The molecule has 0 aliphatic rings. The van der Waals surface area contributed by atoms with E-state index >= 15 is 0 Å². The van der Waals surface area contributed by atoms with Crippen molar-refractivity contribution in [3.05, 3.63) is 90.6 Å². The number of ether oxygens (including phenoxy) is 1. The topological polar surface area (TPSA) is 85.3 Å². The van der Waals surface area contributed by atoms with E-state index in [0.717, 1.165) is 16.9 Å². The van der Waals surface area contributed by atoms with Gasteiger partial charge in [0.15, 0.2) is 5.16 Å². The van der Waals surface area contributed by atoms with Crippen molar-refractivity contribution >= 4 is 29.3 Å². The number of hydrogen-bond donors (Lipinski definition) is 2. The molecule has 4 rings (SSSR count). The highest BCUT2D eigenvalue weighted by molar-refractivity contribution is 7.99. The molecule has 0 bridgehead atoms. The molecule has 0 spiro atoms. The average Bonchev–Trinajstić information content (AvgIpc) is 3.31. The number of methoxy groups -OCH3 is 1. The Morgan fingerprint density at radius 1 is 1.00 bits per heavy atom. The van der Waals surface area contributed by atoms with Gasteiger partial charge >= 0.3 is 0 Å². The van der Waals surface area contributed by atoms with Crippen LogP contribution in [-0.2, 0) is 4.79 Å². The maximum atomic E-state index is 12.7. The highest BCUT2D eigenvalue weighted by Crippen LogP contribution is 2.33. The number of anilines is 1. The number of para-hydroxylation sites is 2. The maximum absolute atomic E-state index is 12.7. The maximum Gasteiger partial charge on any atom is 0.251 e. The number of nitrogens with one attached hydrogen (secondary N) is 2. The van der Waals surface area contributed by atoms with E-state index in [1.165, 1.54) is 11.8 Å². The largest absolute Gasteiger partial charge is 0.495 e. The van der Waals surface area contributed by atoms with Crippen LogP contribution in [0, 0.1) is 0 Å². The lowest BCUT2D eigenvalue weighted by atomic mass is 10.1. The van der Waals surface area contributed by atoms with Crippen LogP contribution in [0.1, 0.15) is 10.4 Å². The summed E-state index contributed by atoms with van der Waals surface area (Å²) in [6, 6.07) is 24.5. The van der Waals surface area contributed by atoms with Crippen molar-refractivity contribution in [2.45, 2.75) is 5.16 Å². The van der Waals surface area contributed by atoms with E-state index in [4.69, 9.17) is 4.74 Å². The molecule has 0 radical (unpaired) electrons. The second kappa shape index (κ2) is 10.7. The third-order valence-corrected chi connectivity index (χ3v) is 6.05. The minimum Gasteiger partial charge on any atom is -0.495 e. The van der Waals surface area contributed by atoms with Crippen LogP contribution in [0.15, 0.2) is 90.2 Å². The molecule has 4 aromatic rings. The quantitative estimate of drug-likeness (QED) is 0.365. The van der Waals surface area contributed by atoms with Gasteiger partial charge in [-0.1, -0.05) is 60.3 Å². The van der Waals surface area contributed by atoms with Crippen LogP contribution in [-0.4, -0.2) is 41.3 Å². The Bertz CT molecular complexity index is 1300. The van der Waals surface area contributed by atoms with E-state index in [1.807, 2.05) is 59.2 Å². The monoisotopic (exact) mass is 472 g/mol. The van der Waals surface area contributed by atoms with Crippen molar-refractivity contribution in [2.24, 2.45) is 0 Å². The molecule has 3 aromatic carbocycles. The first-order valence-corrected chi connectivity index (χ1v) is 11.6. The Kier molecular flexibility index (Phi) is 7.29. The van der Waals surface area contributed by atoms with E-state index in [-0.39, 0.29) is 17.6 Å². The van der Waals surface area contributed by atoms with Gasteiger partial charge in [0.25, 0.3) is 5.91 Å². The number of hydrogen-bond acceptors (Lipinski definition) is 5. The van der Waals surface area contributed by atoms with Gasteiger partial charge in [0.1, 0.15) is 5.75 Å². The lowest BCUT2D eigenvalue weighted by Crippen LogP contribution is -2.19. The molecule has 2 N–H and O–H groups in total. The molecule has 2 amide bonds. The predicted molar refractivity (Wildman–Crippen MR) is 135 cm³/mol. The third kappa shape index (κ3) is 5.13. The summed E-state index contributed by atoms with van der Waals surface area (Å²) < 4.78 is 7.59. The van der Waals surface area contributed by atoms with E-state index in [0.29, 0.717) is 22.2 Å². The van der Waals surface area contributed by atoms with Gasteiger partial charge in [0, 0.05) is 23.9 Å². The molecule has 7 nitrogen and oxygen atoms in total. The molecule has 1 heterocycles. The van der Waals surface area contributed by atoms with Crippen LogP contribution < -0.4 is 15.4 Å². The van der Waals surface area contributed by atoms with E-state index < -0.39 is 0 Å². The molecule has 0 saturated heterocycles. The Balaban J connectivity index is 1.58. The number of aromatic nitrogens is 2. The highest BCUT2D eigenvalue weighted by atomic mass is 32.2. The minimum atomic E-state index is -0.210. The summed E-state index contributed by atoms with van der Waals surface area (Å²) in [5.41, 5.74) is 3.77. The molecule has 8 heteroatoms. The molecule has 172 valence electrons. The second-order valence-corrected chi connectivity index (χ2v) is 8.24. The van der Waals surface area contributed by atoms with Crippen LogP contribution in [0.25, 0.3) is 16.9 Å². The molecule has 0 atom stereocenters. The van der Waals surface area contributed by atoms with Gasteiger partial charge in [-0.15, -0.1) is 0 Å². The molecule has 1 aromatic heterocycles. The molecule has 0 fully saturated rings. The number of amides is 2. The van der Waals surface area contributed by atoms with Gasteiger partial charge in [-0.3, -0.25) is 14.2 Å². The van der Waals surface area contributed by atoms with Crippen molar-refractivity contribution in [3.8, 4) is 22.7 Å². The molecule has 0 unspecified atom stereocenters. The van der Waals surface area contributed by atoms with Gasteiger partial charge in [-0.05, 0) is 30.3 Å². The van der Waals surface area contributed by atoms with Crippen molar-refractivity contribution in [1.29, 1.82) is 0 Å². The summed E-state index contributed by atoms with van der Waals surface area (Å²) in [5, 5.41) is 6.09. The number of imidazole rings is 1. The zero-order valence-electron chi connectivity index (χ0n) is 18.8. The van der Waals surface area contributed by atoms with Gasteiger partial charge in [0.05, 0.1) is 30.4 Å². The van der Waals surface area contributed by atoms with Crippen LogP contribution in [0.3, 0.4) is 0 Å². The van der Waals surface area contributed by atoms with Crippen molar-refractivity contribution in [1.82, 2.24) is 14.9 Å². The molecule has 0 aliphatic carbocycles. The Morgan fingerprint density at radius 3 is 2.53 bits per heavy atom. The lowest BCUT2D eigenvalue weighted by Gasteiger charge is -2.15. The number of rotatable bonds is 8. The van der Waals surface area contributed by atoms with Gasteiger partial charge in [0.2, 0.25) is 5.91 Å². The number of carbonyl (C=O) groups is 2. The summed E-state index contributed by atoms with van der Waals surface area (Å²) in [6.07, 6.45) is 1.80. The first kappa shape index (κ1) is 23.1. The number of benzene rings is 3. The fourth-order valence-electron chi connectivity index (χ4n) is 3.51. The lowest BCUT2D eigenvalue weighted by molar-refractivity contribution is -0.113. The average molecular weight is 473 g/mol. The molecule has 0 saturated carbocycles. The number of carbonyl (C=O) groups excluding carboxylic acids is 2. The SMILES string of the molecule is CNC(=O)c1cccc(NC(=O)CSc2ncc(-c3ccccc3)n2-c2ccccc2OC)c1. The molecule has 34 heavy (non-hydrogen) atoms. The van der Waals surface area contributed by atoms with Crippen LogP contribution in [0.4, 0.5) is 5.69 Å². The third-order valence-electron chi connectivity index (χ3n) is 5.09. The fourth-order valence-corrected chi connectivity index (χ4v) is 4.29. The van der Waals surface area contributed by atoms with Gasteiger partial charge in [-0.25, -0.2) is 4.98 Å². The summed E-state index contributed by atoms with van der Waals surface area (Å²) in [7, 11) is 3.20. The minimum absolute atomic E-state index is 0.143. The van der Waals surface area contributed by atoms with Crippen LogP contribution in [0.2, 0.25) is 0 Å². The highest BCUT2D eigenvalue weighted by Gasteiger charge is 2.18. The first-order chi connectivity index (χ1) is 16.6. The fraction of sp³-hybridized carbons (Fsp3) is 0.115. The Labute approximate surface area is 202 Å². The second-order valence-electron chi connectivity index (χ2n) is 7.30. The molecular weight excluding hydrogens is 448 g/mol. The zero-order chi connectivity index (χ0) is 23.9.